The van der Waals surface area contributed by atoms with Crippen molar-refractivity contribution in [2.45, 2.75) is 44.6 Å². The lowest BCUT2D eigenvalue weighted by Gasteiger charge is -2.15. The van der Waals surface area contributed by atoms with Crippen LogP contribution >= 0.6 is 0 Å². The molecule has 1 aromatic rings. The van der Waals surface area contributed by atoms with Crippen molar-refractivity contribution in [2.75, 3.05) is 5.43 Å². The third kappa shape index (κ3) is 5.14. The van der Waals surface area contributed by atoms with E-state index in [1.807, 2.05) is 6.92 Å². The molecule has 1 aromatic heterocycles. The number of nitrogens with two attached hydrogens (primary N) is 1. The number of sulfonamides is 1. The van der Waals surface area contributed by atoms with Crippen LogP contribution in [0, 0.1) is 5.92 Å². The number of pyridine rings is 1. The van der Waals surface area contributed by atoms with Crippen molar-refractivity contribution in [3.63, 3.8) is 0 Å². The number of nitrogens with one attached hydrogen (secondary N) is 2. The lowest BCUT2D eigenvalue weighted by molar-refractivity contribution is 0.485. The van der Waals surface area contributed by atoms with Crippen LogP contribution in [-0.4, -0.2) is 19.4 Å². The zero-order chi connectivity index (χ0) is 14.5. The summed E-state index contributed by atoms with van der Waals surface area (Å²) in [5.41, 5.74) is 2.35. The van der Waals surface area contributed by atoms with Gasteiger partial charge < -0.3 is 5.43 Å². The van der Waals surface area contributed by atoms with E-state index in [9.17, 15) is 8.42 Å². The van der Waals surface area contributed by atoms with Gasteiger partial charge in [-0.15, -0.1) is 0 Å². The van der Waals surface area contributed by atoms with E-state index in [2.05, 4.69) is 29.0 Å². The van der Waals surface area contributed by atoms with E-state index in [-0.39, 0.29) is 10.9 Å². The first-order chi connectivity index (χ1) is 8.85. The Morgan fingerprint density at radius 2 is 1.95 bits per heavy atom. The molecular weight excluding hydrogens is 264 g/mol. The fourth-order valence-corrected chi connectivity index (χ4v) is 2.82. The van der Waals surface area contributed by atoms with Crippen molar-refractivity contribution < 1.29 is 8.42 Å². The van der Waals surface area contributed by atoms with Crippen LogP contribution in [0.3, 0.4) is 0 Å². The Hall–Kier alpha value is -1.18. The van der Waals surface area contributed by atoms with Crippen molar-refractivity contribution in [1.29, 1.82) is 0 Å². The van der Waals surface area contributed by atoms with E-state index in [1.165, 1.54) is 18.3 Å². The van der Waals surface area contributed by atoms with E-state index < -0.39 is 10.0 Å². The lowest BCUT2D eigenvalue weighted by Crippen LogP contribution is -2.32. The molecule has 0 aliphatic heterocycles. The average Bonchev–Trinajstić information content (AvgIpc) is 2.36. The SMILES string of the molecule is CC(C)CCC(C)NS(=O)(=O)c1ccc(NN)nc1. The second kappa shape index (κ2) is 6.83. The molecule has 0 amide bonds. The smallest absolute Gasteiger partial charge is 0.242 e. The monoisotopic (exact) mass is 286 g/mol. The van der Waals surface area contributed by atoms with Crippen LogP contribution in [-0.2, 0) is 10.0 Å². The third-order valence-electron chi connectivity index (χ3n) is 2.73. The molecule has 0 spiro atoms. The van der Waals surface area contributed by atoms with E-state index in [0.717, 1.165) is 12.8 Å². The molecule has 108 valence electrons. The molecule has 0 aliphatic rings. The molecule has 1 atom stereocenters. The molecule has 0 aliphatic carbocycles. The summed E-state index contributed by atoms with van der Waals surface area (Å²) >= 11 is 0. The van der Waals surface area contributed by atoms with Gasteiger partial charge in [-0.05, 0) is 37.8 Å². The number of hydrogen-bond donors (Lipinski definition) is 3. The maximum Gasteiger partial charge on any atom is 0.242 e. The number of nitrogens with zero attached hydrogens (tertiary/aromatic N) is 1. The highest BCUT2D eigenvalue weighted by molar-refractivity contribution is 7.89. The molecule has 7 heteroatoms. The minimum absolute atomic E-state index is 0.0975. The van der Waals surface area contributed by atoms with E-state index >= 15 is 0 Å². The number of hydrazine groups is 1. The molecule has 0 saturated heterocycles. The summed E-state index contributed by atoms with van der Waals surface area (Å²) in [6.07, 6.45) is 3.08. The molecule has 4 N–H and O–H groups in total. The van der Waals surface area contributed by atoms with Crippen LogP contribution in [0.15, 0.2) is 23.2 Å². The highest BCUT2D eigenvalue weighted by Gasteiger charge is 2.17. The first-order valence-electron chi connectivity index (χ1n) is 6.30. The highest BCUT2D eigenvalue weighted by atomic mass is 32.2. The molecule has 1 unspecified atom stereocenters. The summed E-state index contributed by atoms with van der Waals surface area (Å²) in [5, 5.41) is 0. The number of aromatic nitrogens is 1. The van der Waals surface area contributed by atoms with Crippen molar-refractivity contribution in [2.24, 2.45) is 11.8 Å². The van der Waals surface area contributed by atoms with Crippen molar-refractivity contribution in [1.82, 2.24) is 9.71 Å². The van der Waals surface area contributed by atoms with Gasteiger partial charge in [-0.2, -0.15) is 0 Å². The van der Waals surface area contributed by atoms with Crippen LogP contribution in [0.5, 0.6) is 0 Å². The quantitative estimate of drug-likeness (QED) is 0.521. The molecule has 0 aromatic carbocycles. The van der Waals surface area contributed by atoms with Crippen molar-refractivity contribution >= 4 is 15.8 Å². The minimum Gasteiger partial charge on any atom is -0.308 e. The summed E-state index contributed by atoms with van der Waals surface area (Å²) in [6.45, 7) is 6.09. The lowest BCUT2D eigenvalue weighted by atomic mass is 10.1. The highest BCUT2D eigenvalue weighted by Crippen LogP contribution is 2.12. The predicted octanol–water partition coefficient (Wildman–Crippen LogP) is 1.47. The van der Waals surface area contributed by atoms with Gasteiger partial charge in [-0.3, -0.25) is 0 Å². The van der Waals surface area contributed by atoms with Gasteiger partial charge in [0.1, 0.15) is 10.7 Å². The van der Waals surface area contributed by atoms with Gasteiger partial charge in [0.25, 0.3) is 0 Å². The molecule has 0 radical (unpaired) electrons. The molecule has 1 rings (SSSR count). The molecular formula is C12H22N4O2S. The van der Waals surface area contributed by atoms with E-state index in [0.29, 0.717) is 11.7 Å². The zero-order valence-electron chi connectivity index (χ0n) is 11.6. The largest absolute Gasteiger partial charge is 0.308 e. The normalized spacial score (nSPS) is 13.5. The molecule has 1 heterocycles. The topological polar surface area (TPSA) is 97.1 Å². The zero-order valence-corrected chi connectivity index (χ0v) is 12.4. The van der Waals surface area contributed by atoms with Gasteiger partial charge in [0, 0.05) is 12.2 Å². The Labute approximate surface area is 114 Å². The van der Waals surface area contributed by atoms with Crippen LogP contribution in [0.25, 0.3) is 0 Å². The Morgan fingerprint density at radius 1 is 1.26 bits per heavy atom. The van der Waals surface area contributed by atoms with Gasteiger partial charge in [-0.1, -0.05) is 13.8 Å². The number of anilines is 1. The summed E-state index contributed by atoms with van der Waals surface area (Å²) in [4.78, 5) is 4.03. The molecule has 0 saturated carbocycles. The minimum atomic E-state index is -3.51. The Bertz CT molecular complexity index is 485. The number of rotatable bonds is 7. The maximum atomic E-state index is 12.1. The fraction of sp³-hybridized carbons (Fsp3) is 0.583. The molecule has 0 fully saturated rings. The molecule has 0 bridgehead atoms. The summed E-state index contributed by atoms with van der Waals surface area (Å²) in [5.74, 6) is 6.16. The predicted molar refractivity (Wildman–Crippen MR) is 75.9 cm³/mol. The Balaban J connectivity index is 2.69. The van der Waals surface area contributed by atoms with Crippen LogP contribution in [0.2, 0.25) is 0 Å². The average molecular weight is 286 g/mol. The first-order valence-corrected chi connectivity index (χ1v) is 7.78. The van der Waals surface area contributed by atoms with Gasteiger partial charge in [0.2, 0.25) is 10.0 Å². The second-order valence-electron chi connectivity index (χ2n) is 5.02. The van der Waals surface area contributed by atoms with Crippen LogP contribution in [0.1, 0.15) is 33.6 Å². The maximum absolute atomic E-state index is 12.1. The summed E-state index contributed by atoms with van der Waals surface area (Å²) in [7, 11) is -3.51. The van der Waals surface area contributed by atoms with Gasteiger partial charge in [-0.25, -0.2) is 24.0 Å². The van der Waals surface area contributed by atoms with Gasteiger partial charge in [0.15, 0.2) is 0 Å². The van der Waals surface area contributed by atoms with E-state index in [1.54, 1.807) is 0 Å². The number of hydrogen-bond acceptors (Lipinski definition) is 5. The Morgan fingerprint density at radius 3 is 2.42 bits per heavy atom. The number of nitrogen functional groups attached to an aromatic ring is 1. The summed E-state index contributed by atoms with van der Waals surface area (Å²) in [6, 6.07) is 2.90. The second-order valence-corrected chi connectivity index (χ2v) is 6.73. The van der Waals surface area contributed by atoms with Crippen molar-refractivity contribution in [3.8, 4) is 0 Å². The van der Waals surface area contributed by atoms with Crippen LogP contribution in [0.4, 0.5) is 5.82 Å². The third-order valence-corrected chi connectivity index (χ3v) is 4.30. The fourth-order valence-electron chi connectivity index (χ4n) is 1.60. The molecule has 6 nitrogen and oxygen atoms in total. The van der Waals surface area contributed by atoms with Gasteiger partial charge >= 0.3 is 0 Å². The molecule has 19 heavy (non-hydrogen) atoms. The first kappa shape index (κ1) is 15.9. The van der Waals surface area contributed by atoms with Crippen molar-refractivity contribution in [3.05, 3.63) is 18.3 Å². The standard InChI is InChI=1S/C12H22N4O2S/c1-9(2)4-5-10(3)16-19(17,18)11-6-7-12(15-13)14-8-11/h6-10,16H,4-5,13H2,1-3H3,(H,14,15). The van der Waals surface area contributed by atoms with Gasteiger partial charge in [0.05, 0.1) is 0 Å². The Kier molecular flexibility index (Phi) is 5.71. The van der Waals surface area contributed by atoms with E-state index in [4.69, 9.17) is 5.84 Å². The van der Waals surface area contributed by atoms with Crippen LogP contribution < -0.4 is 16.0 Å². The summed E-state index contributed by atoms with van der Waals surface area (Å²) < 4.78 is 26.8.